The summed E-state index contributed by atoms with van der Waals surface area (Å²) in [4.78, 5) is 24.0. The Labute approximate surface area is 141 Å². The van der Waals surface area contributed by atoms with Crippen LogP contribution in [-0.4, -0.2) is 24.0 Å². The van der Waals surface area contributed by atoms with Crippen LogP contribution in [-0.2, 0) is 9.53 Å². The summed E-state index contributed by atoms with van der Waals surface area (Å²) in [6.45, 7) is 4.89. The number of hydrogen-bond donors (Lipinski definition) is 1. The Morgan fingerprint density at radius 3 is 2.50 bits per heavy atom. The van der Waals surface area contributed by atoms with E-state index in [1.807, 2.05) is 44.2 Å². The Balaban J connectivity index is 1.99. The van der Waals surface area contributed by atoms with E-state index in [0.29, 0.717) is 5.56 Å². The molecule has 0 aliphatic carbocycles. The molecule has 2 aromatic rings. The van der Waals surface area contributed by atoms with E-state index in [9.17, 15) is 14.9 Å². The minimum atomic E-state index is -0.994. The summed E-state index contributed by atoms with van der Waals surface area (Å²) in [6, 6.07) is 15.0. The second-order valence-corrected chi connectivity index (χ2v) is 6.16. The van der Waals surface area contributed by atoms with Crippen LogP contribution in [0.2, 0.25) is 0 Å². The molecule has 5 heteroatoms. The largest absolute Gasteiger partial charge is 0.452 e. The Hall–Kier alpha value is -2.87. The Kier molecular flexibility index (Phi) is 5.20. The number of nitrogens with zero attached hydrogens (tertiary/aromatic N) is 1. The minimum absolute atomic E-state index is 0.0670. The Morgan fingerprint density at radius 2 is 1.88 bits per heavy atom. The number of nitriles is 1. The first kappa shape index (κ1) is 17.5. The number of benzene rings is 2. The lowest BCUT2D eigenvalue weighted by Gasteiger charge is -2.27. The first-order valence-electron chi connectivity index (χ1n) is 7.74. The summed E-state index contributed by atoms with van der Waals surface area (Å²) in [5, 5.41) is 13.7. The highest BCUT2D eigenvalue weighted by Gasteiger charge is 2.30. The molecule has 0 heterocycles. The van der Waals surface area contributed by atoms with Gasteiger partial charge in [0, 0.05) is 0 Å². The summed E-state index contributed by atoms with van der Waals surface area (Å²) in [5.41, 5.74) is -0.611. The minimum Gasteiger partial charge on any atom is -0.452 e. The van der Waals surface area contributed by atoms with Crippen molar-refractivity contribution in [3.05, 3.63) is 48.0 Å². The number of fused-ring (bicyclic) bond motifs is 1. The van der Waals surface area contributed by atoms with E-state index < -0.39 is 24.0 Å². The summed E-state index contributed by atoms with van der Waals surface area (Å²) < 4.78 is 5.05. The average molecular weight is 324 g/mol. The van der Waals surface area contributed by atoms with Gasteiger partial charge in [-0.1, -0.05) is 44.2 Å². The smallest absolute Gasteiger partial charge is 0.338 e. The molecule has 5 nitrogen and oxygen atoms in total. The first-order valence-corrected chi connectivity index (χ1v) is 7.74. The van der Waals surface area contributed by atoms with Crippen LogP contribution >= 0.6 is 0 Å². The maximum atomic E-state index is 12.1. The summed E-state index contributed by atoms with van der Waals surface area (Å²) in [6.07, 6.45) is 0. The quantitative estimate of drug-likeness (QED) is 0.857. The van der Waals surface area contributed by atoms with Crippen LogP contribution in [0, 0.1) is 17.2 Å². The van der Waals surface area contributed by atoms with E-state index >= 15 is 0 Å². The van der Waals surface area contributed by atoms with Crippen molar-refractivity contribution >= 4 is 22.6 Å². The van der Waals surface area contributed by atoms with Crippen LogP contribution in [0.1, 0.15) is 31.1 Å². The van der Waals surface area contributed by atoms with Gasteiger partial charge in [0.2, 0.25) is 0 Å². The lowest BCUT2D eigenvalue weighted by molar-refractivity contribution is -0.125. The number of hydrogen-bond acceptors (Lipinski definition) is 4. The lowest BCUT2D eigenvalue weighted by atomic mass is 9.90. The van der Waals surface area contributed by atoms with Gasteiger partial charge in [0.05, 0.1) is 11.6 Å². The molecule has 0 radical (unpaired) electrons. The molecule has 0 saturated heterocycles. The molecule has 0 saturated carbocycles. The van der Waals surface area contributed by atoms with Crippen LogP contribution in [0.25, 0.3) is 10.8 Å². The third-order valence-electron chi connectivity index (χ3n) is 4.11. The molecule has 0 spiro atoms. The van der Waals surface area contributed by atoms with Crippen LogP contribution in [0.15, 0.2) is 42.5 Å². The highest BCUT2D eigenvalue weighted by Crippen LogP contribution is 2.17. The topological polar surface area (TPSA) is 79.2 Å². The molecule has 0 aromatic heterocycles. The van der Waals surface area contributed by atoms with Gasteiger partial charge in [-0.3, -0.25) is 4.79 Å². The fourth-order valence-corrected chi connectivity index (χ4v) is 2.16. The number of esters is 1. The molecule has 0 bridgehead atoms. The van der Waals surface area contributed by atoms with Crippen molar-refractivity contribution in [1.82, 2.24) is 5.32 Å². The van der Waals surface area contributed by atoms with E-state index in [4.69, 9.17) is 4.74 Å². The second-order valence-electron chi connectivity index (χ2n) is 6.16. The Bertz CT molecular complexity index is 808. The van der Waals surface area contributed by atoms with Crippen molar-refractivity contribution in [3.8, 4) is 6.07 Å². The van der Waals surface area contributed by atoms with Gasteiger partial charge in [0.15, 0.2) is 6.61 Å². The highest BCUT2D eigenvalue weighted by atomic mass is 16.5. The zero-order valence-corrected chi connectivity index (χ0v) is 14.0. The third-order valence-corrected chi connectivity index (χ3v) is 4.11. The summed E-state index contributed by atoms with van der Waals surface area (Å²) in [7, 11) is 0. The number of nitrogens with one attached hydrogen (secondary N) is 1. The number of carbonyl (C=O) groups is 2. The van der Waals surface area contributed by atoms with E-state index in [1.165, 1.54) is 0 Å². The van der Waals surface area contributed by atoms with E-state index in [-0.39, 0.29) is 5.92 Å². The van der Waals surface area contributed by atoms with E-state index in [0.717, 1.165) is 10.8 Å². The third kappa shape index (κ3) is 3.90. The van der Waals surface area contributed by atoms with E-state index in [1.54, 1.807) is 19.1 Å². The molecule has 2 rings (SSSR count). The SMILES string of the molecule is CC(C)[C@@](C)(C#N)NC(=O)COC(=O)c1ccc2ccccc2c1. The van der Waals surface area contributed by atoms with Crippen molar-refractivity contribution in [2.24, 2.45) is 5.92 Å². The normalized spacial score (nSPS) is 13.1. The van der Waals surface area contributed by atoms with Gasteiger partial charge in [0.1, 0.15) is 5.54 Å². The maximum Gasteiger partial charge on any atom is 0.338 e. The standard InChI is InChI=1S/C19H20N2O3/c1-13(2)19(3,12-20)21-17(22)11-24-18(23)16-9-8-14-6-4-5-7-15(14)10-16/h4-10,13H,11H2,1-3H3,(H,21,22)/t19-/m1/s1. The van der Waals surface area contributed by atoms with Crippen LogP contribution < -0.4 is 5.32 Å². The molecule has 24 heavy (non-hydrogen) atoms. The number of carbonyl (C=O) groups excluding carboxylic acids is 2. The zero-order valence-electron chi connectivity index (χ0n) is 14.0. The molecule has 2 aromatic carbocycles. The molecule has 0 aliphatic rings. The van der Waals surface area contributed by atoms with Crippen LogP contribution in [0.3, 0.4) is 0 Å². The molecular weight excluding hydrogens is 304 g/mol. The van der Waals surface area contributed by atoms with Gasteiger partial charge in [-0.2, -0.15) is 5.26 Å². The van der Waals surface area contributed by atoms with Gasteiger partial charge in [-0.05, 0) is 35.7 Å². The molecule has 1 N–H and O–H groups in total. The van der Waals surface area contributed by atoms with Gasteiger partial charge in [0.25, 0.3) is 5.91 Å². The zero-order chi connectivity index (χ0) is 17.7. The van der Waals surface area contributed by atoms with Gasteiger partial charge in [-0.15, -0.1) is 0 Å². The van der Waals surface area contributed by atoms with Crippen molar-refractivity contribution in [3.63, 3.8) is 0 Å². The fourth-order valence-electron chi connectivity index (χ4n) is 2.16. The van der Waals surface area contributed by atoms with Crippen molar-refractivity contribution in [2.45, 2.75) is 26.3 Å². The molecule has 0 aliphatic heterocycles. The van der Waals surface area contributed by atoms with Gasteiger partial charge in [-0.25, -0.2) is 4.79 Å². The maximum absolute atomic E-state index is 12.1. The summed E-state index contributed by atoms with van der Waals surface area (Å²) >= 11 is 0. The highest BCUT2D eigenvalue weighted by molar-refractivity contribution is 5.96. The molecule has 0 unspecified atom stereocenters. The molecule has 0 fully saturated rings. The molecule has 1 amide bonds. The lowest BCUT2D eigenvalue weighted by Crippen LogP contribution is -2.50. The van der Waals surface area contributed by atoms with E-state index in [2.05, 4.69) is 11.4 Å². The number of amides is 1. The summed E-state index contributed by atoms with van der Waals surface area (Å²) in [5.74, 6) is -1.14. The van der Waals surface area contributed by atoms with Crippen molar-refractivity contribution in [1.29, 1.82) is 5.26 Å². The monoisotopic (exact) mass is 324 g/mol. The molecule has 1 atom stereocenters. The number of ether oxygens (including phenoxy) is 1. The fraction of sp³-hybridized carbons (Fsp3) is 0.316. The van der Waals surface area contributed by atoms with Crippen molar-refractivity contribution < 1.29 is 14.3 Å². The predicted molar refractivity (Wildman–Crippen MR) is 91.2 cm³/mol. The second kappa shape index (κ2) is 7.14. The predicted octanol–water partition coefficient (Wildman–Crippen LogP) is 3.05. The molecular formula is C19H20N2O3. The van der Waals surface area contributed by atoms with Crippen molar-refractivity contribution in [2.75, 3.05) is 6.61 Å². The first-order chi connectivity index (χ1) is 11.4. The van der Waals surface area contributed by atoms with Crippen LogP contribution in [0.5, 0.6) is 0 Å². The Morgan fingerprint density at radius 1 is 1.21 bits per heavy atom. The van der Waals surface area contributed by atoms with Gasteiger partial charge < -0.3 is 10.1 Å². The average Bonchev–Trinajstić information content (AvgIpc) is 2.58. The molecule has 124 valence electrons. The van der Waals surface area contributed by atoms with Crippen LogP contribution in [0.4, 0.5) is 0 Å². The van der Waals surface area contributed by atoms with Gasteiger partial charge >= 0.3 is 5.97 Å². The number of rotatable bonds is 5.